The summed E-state index contributed by atoms with van der Waals surface area (Å²) < 4.78 is 0. The maximum absolute atomic E-state index is 10.5. The highest BCUT2D eigenvalue weighted by Crippen LogP contribution is 2.31. The van der Waals surface area contributed by atoms with Crippen molar-refractivity contribution in [1.29, 1.82) is 0 Å². The molecule has 1 unspecified atom stereocenters. The molecule has 1 heterocycles. The highest BCUT2D eigenvalue weighted by molar-refractivity contribution is 5.82. The fraction of sp³-hybridized carbons (Fsp3) is 0.471. The normalized spacial score (nSPS) is 13.7. The monoisotopic (exact) mass is 257 g/mol. The molecular weight excluding hydrogens is 234 g/mol. The SMILES string of the molecule is Cc1cc(C(O)CCC(C)(C)C)c2ccccc2n1. The molecule has 0 spiro atoms. The second-order valence-corrected chi connectivity index (χ2v) is 6.49. The molecule has 1 atom stereocenters. The van der Waals surface area contributed by atoms with E-state index in [0.29, 0.717) is 0 Å². The zero-order valence-corrected chi connectivity index (χ0v) is 12.3. The first-order chi connectivity index (χ1) is 8.87. The smallest absolute Gasteiger partial charge is 0.0797 e. The van der Waals surface area contributed by atoms with E-state index in [1.807, 2.05) is 37.3 Å². The molecule has 0 saturated carbocycles. The average Bonchev–Trinajstić information content (AvgIpc) is 2.34. The number of nitrogens with zero attached hydrogens (tertiary/aromatic N) is 1. The lowest BCUT2D eigenvalue weighted by atomic mass is 9.87. The molecule has 0 aliphatic heterocycles. The van der Waals surface area contributed by atoms with Crippen LogP contribution in [0.3, 0.4) is 0 Å². The Labute approximate surface area is 115 Å². The Bertz CT molecular complexity index is 569. The Balaban J connectivity index is 2.33. The molecule has 0 bridgehead atoms. The molecule has 19 heavy (non-hydrogen) atoms. The van der Waals surface area contributed by atoms with E-state index in [4.69, 9.17) is 0 Å². The minimum absolute atomic E-state index is 0.249. The number of benzene rings is 1. The summed E-state index contributed by atoms with van der Waals surface area (Å²) in [6.07, 6.45) is 1.38. The number of hydrogen-bond acceptors (Lipinski definition) is 2. The summed E-state index contributed by atoms with van der Waals surface area (Å²) in [4.78, 5) is 4.52. The number of aryl methyl sites for hydroxylation is 1. The van der Waals surface area contributed by atoms with Crippen molar-refractivity contribution in [2.24, 2.45) is 5.41 Å². The third-order valence-corrected chi connectivity index (χ3v) is 3.40. The summed E-state index contributed by atoms with van der Waals surface area (Å²) in [6.45, 7) is 8.59. The highest BCUT2D eigenvalue weighted by atomic mass is 16.3. The molecule has 0 aliphatic rings. The van der Waals surface area contributed by atoms with Gasteiger partial charge in [-0.3, -0.25) is 4.98 Å². The second-order valence-electron chi connectivity index (χ2n) is 6.49. The number of para-hydroxylation sites is 1. The summed E-state index contributed by atoms with van der Waals surface area (Å²) in [7, 11) is 0. The van der Waals surface area contributed by atoms with Crippen molar-refractivity contribution in [2.75, 3.05) is 0 Å². The van der Waals surface area contributed by atoms with Gasteiger partial charge in [0, 0.05) is 11.1 Å². The van der Waals surface area contributed by atoms with Gasteiger partial charge in [0.25, 0.3) is 0 Å². The van der Waals surface area contributed by atoms with Crippen LogP contribution >= 0.6 is 0 Å². The quantitative estimate of drug-likeness (QED) is 0.884. The van der Waals surface area contributed by atoms with Gasteiger partial charge in [-0.05, 0) is 42.9 Å². The molecule has 1 N–H and O–H groups in total. The highest BCUT2D eigenvalue weighted by Gasteiger charge is 2.17. The molecule has 1 aromatic heterocycles. The van der Waals surface area contributed by atoms with Gasteiger partial charge in [0.2, 0.25) is 0 Å². The van der Waals surface area contributed by atoms with E-state index in [-0.39, 0.29) is 5.41 Å². The first-order valence-electron chi connectivity index (χ1n) is 6.91. The summed E-state index contributed by atoms with van der Waals surface area (Å²) in [5.74, 6) is 0. The van der Waals surface area contributed by atoms with Crippen LogP contribution in [-0.2, 0) is 0 Å². The van der Waals surface area contributed by atoms with Crippen molar-refractivity contribution in [1.82, 2.24) is 4.98 Å². The van der Waals surface area contributed by atoms with Crippen molar-refractivity contribution in [3.05, 3.63) is 41.6 Å². The molecular formula is C17H23NO. The van der Waals surface area contributed by atoms with Crippen LogP contribution < -0.4 is 0 Å². The van der Waals surface area contributed by atoms with Crippen molar-refractivity contribution >= 4 is 10.9 Å². The molecule has 102 valence electrons. The Hall–Kier alpha value is -1.41. The Morgan fingerprint density at radius 2 is 1.89 bits per heavy atom. The fourth-order valence-corrected chi connectivity index (χ4v) is 2.34. The van der Waals surface area contributed by atoms with E-state index in [0.717, 1.165) is 35.0 Å². The third-order valence-electron chi connectivity index (χ3n) is 3.40. The summed E-state index contributed by atoms with van der Waals surface area (Å²) in [6, 6.07) is 10.0. The van der Waals surface area contributed by atoms with Gasteiger partial charge in [-0.15, -0.1) is 0 Å². The van der Waals surface area contributed by atoms with E-state index in [1.165, 1.54) is 0 Å². The first-order valence-corrected chi connectivity index (χ1v) is 6.91. The molecule has 2 rings (SSSR count). The van der Waals surface area contributed by atoms with Crippen molar-refractivity contribution in [3.8, 4) is 0 Å². The summed E-state index contributed by atoms with van der Waals surface area (Å²) >= 11 is 0. The summed E-state index contributed by atoms with van der Waals surface area (Å²) in [5, 5.41) is 11.5. The Morgan fingerprint density at radius 1 is 1.21 bits per heavy atom. The molecule has 2 aromatic rings. The number of fused-ring (bicyclic) bond motifs is 1. The van der Waals surface area contributed by atoms with Gasteiger partial charge in [0.15, 0.2) is 0 Å². The number of pyridine rings is 1. The minimum Gasteiger partial charge on any atom is -0.388 e. The van der Waals surface area contributed by atoms with Crippen LogP contribution in [0.15, 0.2) is 30.3 Å². The second kappa shape index (κ2) is 5.30. The van der Waals surface area contributed by atoms with Gasteiger partial charge >= 0.3 is 0 Å². The fourth-order valence-electron chi connectivity index (χ4n) is 2.34. The van der Waals surface area contributed by atoms with Gasteiger partial charge < -0.3 is 5.11 Å². The molecule has 0 saturated heterocycles. The average molecular weight is 257 g/mol. The lowest BCUT2D eigenvalue weighted by Crippen LogP contribution is -2.09. The lowest BCUT2D eigenvalue weighted by molar-refractivity contribution is 0.149. The zero-order valence-electron chi connectivity index (χ0n) is 12.3. The van der Waals surface area contributed by atoms with E-state index in [9.17, 15) is 5.11 Å². The van der Waals surface area contributed by atoms with Gasteiger partial charge in [-0.25, -0.2) is 0 Å². The maximum Gasteiger partial charge on any atom is 0.0797 e. The van der Waals surface area contributed by atoms with Crippen LogP contribution in [0.5, 0.6) is 0 Å². The molecule has 1 aromatic carbocycles. The first kappa shape index (κ1) is 14.0. The van der Waals surface area contributed by atoms with Crippen molar-refractivity contribution in [3.63, 3.8) is 0 Å². The van der Waals surface area contributed by atoms with Crippen LogP contribution in [0.1, 0.15) is 51.0 Å². The zero-order chi connectivity index (χ0) is 14.0. The van der Waals surface area contributed by atoms with Crippen molar-refractivity contribution in [2.45, 2.75) is 46.6 Å². The van der Waals surface area contributed by atoms with Gasteiger partial charge in [-0.2, -0.15) is 0 Å². The van der Waals surface area contributed by atoms with Crippen LogP contribution in [0.25, 0.3) is 10.9 Å². The van der Waals surface area contributed by atoms with Gasteiger partial charge in [0.05, 0.1) is 11.6 Å². The molecule has 0 fully saturated rings. The summed E-state index contributed by atoms with van der Waals surface area (Å²) in [5.41, 5.74) is 3.18. The topological polar surface area (TPSA) is 33.1 Å². The Morgan fingerprint density at radius 3 is 2.58 bits per heavy atom. The largest absolute Gasteiger partial charge is 0.388 e. The van der Waals surface area contributed by atoms with Crippen LogP contribution in [0, 0.1) is 12.3 Å². The number of aliphatic hydroxyl groups excluding tert-OH is 1. The number of rotatable bonds is 3. The molecule has 0 radical (unpaired) electrons. The molecule has 2 nitrogen and oxygen atoms in total. The molecule has 2 heteroatoms. The van der Waals surface area contributed by atoms with E-state index < -0.39 is 6.10 Å². The lowest BCUT2D eigenvalue weighted by Gasteiger charge is -2.21. The van der Waals surface area contributed by atoms with Crippen LogP contribution in [0.4, 0.5) is 0 Å². The molecule has 0 aliphatic carbocycles. The maximum atomic E-state index is 10.5. The van der Waals surface area contributed by atoms with E-state index >= 15 is 0 Å². The van der Waals surface area contributed by atoms with Crippen molar-refractivity contribution < 1.29 is 5.11 Å². The third kappa shape index (κ3) is 3.54. The van der Waals surface area contributed by atoms with E-state index in [2.05, 4.69) is 25.8 Å². The van der Waals surface area contributed by atoms with Gasteiger partial charge in [-0.1, -0.05) is 39.0 Å². The van der Waals surface area contributed by atoms with E-state index in [1.54, 1.807) is 0 Å². The number of aromatic nitrogens is 1. The minimum atomic E-state index is -0.411. The van der Waals surface area contributed by atoms with Crippen LogP contribution in [0.2, 0.25) is 0 Å². The number of hydrogen-bond donors (Lipinski definition) is 1. The van der Waals surface area contributed by atoms with Crippen LogP contribution in [-0.4, -0.2) is 10.1 Å². The van der Waals surface area contributed by atoms with Gasteiger partial charge in [0.1, 0.15) is 0 Å². The predicted molar refractivity (Wildman–Crippen MR) is 80.1 cm³/mol. The number of aliphatic hydroxyl groups is 1. The standard InChI is InChI=1S/C17H23NO/c1-12-11-14(16(19)9-10-17(2,3)4)13-7-5-6-8-15(13)18-12/h5-8,11,16,19H,9-10H2,1-4H3. The Kier molecular flexibility index (Phi) is 3.91. The predicted octanol–water partition coefficient (Wildman–Crippen LogP) is 4.40. The molecule has 0 amide bonds.